The Kier molecular flexibility index (Phi) is 16.7. The van der Waals surface area contributed by atoms with Crippen molar-refractivity contribution in [3.05, 3.63) is 69.4 Å². The number of β-amino-alcohol motifs (C(OH)–C–C–N with tert-alkyl or cyclic N) is 1. The first-order valence-electron chi connectivity index (χ1n) is 15.4. The summed E-state index contributed by atoms with van der Waals surface area (Å²) >= 11 is 12.1. The number of allylic oxidation sites excluding steroid dienone is 5. The average Bonchev–Trinajstić information content (AvgIpc) is 3.39. The number of nitrogens with one attached hydrogen (secondary N) is 3. The van der Waals surface area contributed by atoms with Gasteiger partial charge in [0.25, 0.3) is 0 Å². The normalized spacial score (nSPS) is 22.1. The second kappa shape index (κ2) is 19.4. The zero-order valence-corrected chi connectivity index (χ0v) is 28.5. The van der Waals surface area contributed by atoms with E-state index in [1.54, 1.807) is 19.1 Å². The Labute approximate surface area is 276 Å². The molecule has 0 aromatic heterocycles. The SMILES string of the molecule is CC(C)(C)C.C\C(=C/C(Cl)=C(F)\C=C\C1CN[C@@H](C(=O)NCCCN2CCN(CCO)CC2)C1c1ccc(F)c(Cl)c1)NC=O. The van der Waals surface area contributed by atoms with Crippen LogP contribution in [-0.2, 0) is 9.59 Å². The number of amides is 2. The summed E-state index contributed by atoms with van der Waals surface area (Å²) in [5.41, 5.74) is 1.54. The molecular formula is C33H49Cl2F2N5O3. The molecule has 3 rings (SSSR count). The summed E-state index contributed by atoms with van der Waals surface area (Å²) in [6.07, 6.45) is 5.42. The van der Waals surface area contributed by atoms with Gasteiger partial charge in [-0.05, 0) is 61.1 Å². The van der Waals surface area contributed by atoms with Crippen LogP contribution in [0.3, 0.4) is 0 Å². The molecule has 45 heavy (non-hydrogen) atoms. The number of hydrogen-bond donors (Lipinski definition) is 4. The van der Waals surface area contributed by atoms with Gasteiger partial charge in [0, 0.05) is 57.4 Å². The van der Waals surface area contributed by atoms with Crippen LogP contribution in [0.25, 0.3) is 0 Å². The van der Waals surface area contributed by atoms with Crippen molar-refractivity contribution in [2.24, 2.45) is 11.3 Å². The fraction of sp³-hybridized carbons (Fsp3) is 0.576. The zero-order valence-electron chi connectivity index (χ0n) is 27.0. The Bertz CT molecular complexity index is 1190. The first kappa shape index (κ1) is 38.8. The maximum Gasteiger partial charge on any atom is 0.237 e. The summed E-state index contributed by atoms with van der Waals surface area (Å²) in [6, 6.07) is 3.73. The molecule has 8 nitrogen and oxygen atoms in total. The van der Waals surface area contributed by atoms with Crippen molar-refractivity contribution < 1.29 is 23.5 Å². The van der Waals surface area contributed by atoms with Gasteiger partial charge in [-0.3, -0.25) is 14.5 Å². The van der Waals surface area contributed by atoms with E-state index in [2.05, 4.69) is 53.4 Å². The van der Waals surface area contributed by atoms with Gasteiger partial charge < -0.3 is 26.0 Å². The van der Waals surface area contributed by atoms with E-state index in [0.29, 0.717) is 42.7 Å². The second-order valence-corrected chi connectivity index (χ2v) is 13.8. The first-order valence-corrected chi connectivity index (χ1v) is 16.1. The number of aliphatic hydroxyl groups excluding tert-OH is 1. The van der Waals surface area contributed by atoms with Crippen molar-refractivity contribution in [1.82, 2.24) is 25.8 Å². The van der Waals surface area contributed by atoms with Gasteiger partial charge in [-0.2, -0.15) is 0 Å². The average molecular weight is 673 g/mol. The number of carbonyl (C=O) groups excluding carboxylic acids is 2. The molecule has 2 unspecified atom stereocenters. The molecular weight excluding hydrogens is 623 g/mol. The Balaban J connectivity index is 0.00000130. The van der Waals surface area contributed by atoms with Crippen LogP contribution in [0, 0.1) is 17.2 Å². The third kappa shape index (κ3) is 14.3. The number of carbonyl (C=O) groups is 2. The minimum Gasteiger partial charge on any atom is -0.395 e. The number of rotatable bonds is 13. The van der Waals surface area contributed by atoms with Crippen LogP contribution < -0.4 is 16.0 Å². The molecule has 1 aromatic rings. The highest BCUT2D eigenvalue weighted by atomic mass is 35.5. The van der Waals surface area contributed by atoms with Crippen LogP contribution in [0.5, 0.6) is 0 Å². The minimum absolute atomic E-state index is 0.0530. The first-order chi connectivity index (χ1) is 21.2. The van der Waals surface area contributed by atoms with Crippen LogP contribution in [0.1, 0.15) is 52.5 Å². The van der Waals surface area contributed by atoms with Crippen LogP contribution in [0.4, 0.5) is 8.78 Å². The van der Waals surface area contributed by atoms with E-state index in [9.17, 15) is 18.4 Å². The smallest absolute Gasteiger partial charge is 0.237 e. The fourth-order valence-electron chi connectivity index (χ4n) is 5.05. The van der Waals surface area contributed by atoms with Crippen LogP contribution in [0.2, 0.25) is 5.02 Å². The fourth-order valence-corrected chi connectivity index (χ4v) is 5.47. The van der Waals surface area contributed by atoms with E-state index in [1.165, 1.54) is 24.3 Å². The monoisotopic (exact) mass is 671 g/mol. The van der Waals surface area contributed by atoms with Crippen LogP contribution in [0.15, 0.2) is 53.0 Å². The number of benzene rings is 1. The van der Waals surface area contributed by atoms with Gasteiger partial charge in [0.05, 0.1) is 22.7 Å². The molecule has 2 aliphatic heterocycles. The Morgan fingerprint density at radius 1 is 1.16 bits per heavy atom. The summed E-state index contributed by atoms with van der Waals surface area (Å²) in [4.78, 5) is 28.4. The van der Waals surface area contributed by atoms with E-state index < -0.39 is 23.6 Å². The van der Waals surface area contributed by atoms with Gasteiger partial charge in [-0.15, -0.1) is 0 Å². The van der Waals surface area contributed by atoms with E-state index in [1.807, 2.05) is 0 Å². The molecule has 0 radical (unpaired) electrons. The highest BCUT2D eigenvalue weighted by Crippen LogP contribution is 2.36. The molecule has 2 saturated heterocycles. The zero-order chi connectivity index (χ0) is 33.6. The molecule has 1 aromatic carbocycles. The van der Waals surface area contributed by atoms with Gasteiger partial charge in [0.1, 0.15) is 11.6 Å². The van der Waals surface area contributed by atoms with E-state index in [0.717, 1.165) is 39.1 Å². The maximum absolute atomic E-state index is 14.7. The van der Waals surface area contributed by atoms with Gasteiger partial charge in [-0.1, -0.05) is 63.0 Å². The topological polar surface area (TPSA) is 96.9 Å². The van der Waals surface area contributed by atoms with Crippen molar-refractivity contribution in [2.45, 2.75) is 53.0 Å². The third-order valence-electron chi connectivity index (χ3n) is 7.18. The predicted octanol–water partition coefficient (Wildman–Crippen LogP) is 4.95. The molecule has 4 N–H and O–H groups in total. The summed E-state index contributed by atoms with van der Waals surface area (Å²) < 4.78 is 28.6. The van der Waals surface area contributed by atoms with Gasteiger partial charge in [0.2, 0.25) is 12.3 Å². The summed E-state index contributed by atoms with van der Waals surface area (Å²) in [7, 11) is 0. The molecule has 0 bridgehead atoms. The summed E-state index contributed by atoms with van der Waals surface area (Å²) in [6.45, 7) is 16.6. The van der Waals surface area contributed by atoms with E-state index in [-0.39, 0.29) is 28.5 Å². The molecule has 0 saturated carbocycles. The minimum atomic E-state index is -0.699. The number of nitrogens with zero attached hydrogens (tertiary/aromatic N) is 2. The highest BCUT2D eigenvalue weighted by Gasteiger charge is 2.40. The molecule has 2 aliphatic rings. The van der Waals surface area contributed by atoms with E-state index >= 15 is 0 Å². The Hall–Kier alpha value is -2.34. The van der Waals surface area contributed by atoms with Gasteiger partial charge in [-0.25, -0.2) is 8.78 Å². The second-order valence-electron chi connectivity index (χ2n) is 12.9. The molecule has 2 fully saturated rings. The van der Waals surface area contributed by atoms with Crippen LogP contribution in [-0.4, -0.2) is 92.2 Å². The lowest BCUT2D eigenvalue weighted by Gasteiger charge is -2.34. The summed E-state index contributed by atoms with van der Waals surface area (Å²) in [5, 5.41) is 17.5. The molecule has 12 heteroatoms. The van der Waals surface area contributed by atoms with E-state index in [4.69, 9.17) is 28.3 Å². The number of aliphatic hydroxyl groups is 1. The standard InChI is InChI=1S/C28H37Cl2F2N5O3.C5H12/c1-19(35-18-39)15-22(29)24(31)6-4-21-17-34-27(26(21)20-3-5-25(32)23(30)16-20)28(40)33-7-2-8-36-9-11-37(12-10-36)13-14-38;1-5(2,3)4/h3-6,15-16,18,21,26-27,34,38H,2,7-14,17H2,1H3,(H,33,40)(H,35,39);1-4H3/b6-4+,19-15+,24-22-;/t21?,26?,27-;/m1./s1. The largest absolute Gasteiger partial charge is 0.395 e. The van der Waals surface area contributed by atoms with Crippen molar-refractivity contribution in [3.63, 3.8) is 0 Å². The van der Waals surface area contributed by atoms with Gasteiger partial charge >= 0.3 is 0 Å². The molecule has 252 valence electrons. The Morgan fingerprint density at radius 2 is 1.78 bits per heavy atom. The van der Waals surface area contributed by atoms with Crippen LogP contribution >= 0.6 is 23.2 Å². The number of halogens is 4. The Morgan fingerprint density at radius 3 is 2.36 bits per heavy atom. The molecule has 0 spiro atoms. The van der Waals surface area contributed by atoms with Crippen molar-refractivity contribution in [2.75, 3.05) is 59.0 Å². The molecule has 2 amide bonds. The molecule has 2 heterocycles. The van der Waals surface area contributed by atoms with Crippen molar-refractivity contribution in [1.29, 1.82) is 0 Å². The van der Waals surface area contributed by atoms with Crippen molar-refractivity contribution >= 4 is 35.5 Å². The quantitative estimate of drug-likeness (QED) is 0.135. The summed E-state index contributed by atoms with van der Waals surface area (Å²) in [5.74, 6) is -2.18. The predicted molar refractivity (Wildman–Crippen MR) is 178 cm³/mol. The van der Waals surface area contributed by atoms with Crippen molar-refractivity contribution in [3.8, 4) is 0 Å². The lowest BCUT2D eigenvalue weighted by Crippen LogP contribution is -2.48. The molecule has 0 aliphatic carbocycles. The third-order valence-corrected chi connectivity index (χ3v) is 7.76. The number of hydrogen-bond acceptors (Lipinski definition) is 6. The lowest BCUT2D eigenvalue weighted by atomic mass is 9.83. The van der Waals surface area contributed by atoms with Gasteiger partial charge in [0.15, 0.2) is 0 Å². The highest BCUT2D eigenvalue weighted by molar-refractivity contribution is 6.31. The molecule has 3 atom stereocenters. The number of piperazine rings is 1. The lowest BCUT2D eigenvalue weighted by molar-refractivity contribution is -0.123. The maximum atomic E-state index is 14.7.